The quantitative estimate of drug-likeness (QED) is 0.912. The van der Waals surface area contributed by atoms with Crippen LogP contribution in [0.15, 0.2) is 24.3 Å². The Kier molecular flexibility index (Phi) is 5.42. The van der Waals surface area contributed by atoms with E-state index in [0.717, 1.165) is 56.6 Å². The highest BCUT2D eigenvalue weighted by atomic mass is 16.2. The lowest BCUT2D eigenvalue weighted by atomic mass is 9.88. The molecule has 136 valence electrons. The number of benzene rings is 1. The molecule has 5 nitrogen and oxygen atoms in total. The summed E-state index contributed by atoms with van der Waals surface area (Å²) >= 11 is 0. The molecule has 2 saturated heterocycles. The number of carbonyl (C=O) groups excluding carboxylic acids is 2. The van der Waals surface area contributed by atoms with E-state index in [9.17, 15) is 9.59 Å². The SMILES string of the molecule is CN1CCC(C)(C(=O)NCc2ccc(C(=O)N3CCCCC3)cc2)C1. The average molecular weight is 343 g/mol. The largest absolute Gasteiger partial charge is 0.352 e. The first-order chi connectivity index (χ1) is 12.0. The highest BCUT2D eigenvalue weighted by Gasteiger charge is 2.38. The van der Waals surface area contributed by atoms with Crippen molar-refractivity contribution in [2.75, 3.05) is 33.2 Å². The minimum absolute atomic E-state index is 0.116. The van der Waals surface area contributed by atoms with Crippen LogP contribution >= 0.6 is 0 Å². The Hall–Kier alpha value is -1.88. The Bertz CT molecular complexity index is 622. The van der Waals surface area contributed by atoms with Crippen molar-refractivity contribution in [3.05, 3.63) is 35.4 Å². The van der Waals surface area contributed by atoms with Crippen molar-refractivity contribution >= 4 is 11.8 Å². The van der Waals surface area contributed by atoms with Crippen molar-refractivity contribution in [1.82, 2.24) is 15.1 Å². The molecule has 0 aliphatic carbocycles. The molecule has 1 aromatic carbocycles. The zero-order chi connectivity index (χ0) is 17.9. The molecule has 0 bridgehead atoms. The van der Waals surface area contributed by atoms with Crippen molar-refractivity contribution in [1.29, 1.82) is 0 Å². The molecule has 5 heteroatoms. The van der Waals surface area contributed by atoms with Crippen LogP contribution in [-0.4, -0.2) is 54.8 Å². The van der Waals surface area contributed by atoms with Gasteiger partial charge in [0.05, 0.1) is 5.41 Å². The Morgan fingerprint density at radius 3 is 2.36 bits per heavy atom. The van der Waals surface area contributed by atoms with E-state index in [4.69, 9.17) is 0 Å². The molecule has 1 aromatic rings. The van der Waals surface area contributed by atoms with Gasteiger partial charge in [-0.05, 0) is 63.9 Å². The first-order valence-corrected chi connectivity index (χ1v) is 9.33. The van der Waals surface area contributed by atoms with Crippen molar-refractivity contribution < 1.29 is 9.59 Å². The third kappa shape index (κ3) is 4.21. The highest BCUT2D eigenvalue weighted by Crippen LogP contribution is 2.29. The lowest BCUT2D eigenvalue weighted by Gasteiger charge is -2.26. The molecule has 2 amide bonds. The molecule has 3 rings (SSSR count). The summed E-state index contributed by atoms with van der Waals surface area (Å²) in [6, 6.07) is 7.65. The summed E-state index contributed by atoms with van der Waals surface area (Å²) in [5, 5.41) is 3.05. The topological polar surface area (TPSA) is 52.7 Å². The number of likely N-dealkylation sites (tertiary alicyclic amines) is 2. The van der Waals surface area contributed by atoms with E-state index < -0.39 is 0 Å². The maximum absolute atomic E-state index is 12.5. The molecule has 2 aliphatic rings. The molecular weight excluding hydrogens is 314 g/mol. The van der Waals surface area contributed by atoms with Gasteiger partial charge in [-0.1, -0.05) is 12.1 Å². The van der Waals surface area contributed by atoms with Gasteiger partial charge in [-0.25, -0.2) is 0 Å². The van der Waals surface area contributed by atoms with Crippen LogP contribution in [0.2, 0.25) is 0 Å². The monoisotopic (exact) mass is 343 g/mol. The van der Waals surface area contributed by atoms with Crippen molar-refractivity contribution in [3.63, 3.8) is 0 Å². The number of nitrogens with zero attached hydrogens (tertiary/aromatic N) is 2. The Balaban J connectivity index is 1.54. The van der Waals surface area contributed by atoms with Gasteiger partial charge in [0.25, 0.3) is 5.91 Å². The molecule has 1 N–H and O–H groups in total. The number of amides is 2. The number of rotatable bonds is 4. The fourth-order valence-electron chi connectivity index (χ4n) is 3.82. The molecule has 1 atom stereocenters. The summed E-state index contributed by atoms with van der Waals surface area (Å²) in [4.78, 5) is 29.1. The fourth-order valence-corrected chi connectivity index (χ4v) is 3.82. The zero-order valence-corrected chi connectivity index (χ0v) is 15.4. The van der Waals surface area contributed by atoms with Crippen LogP contribution in [-0.2, 0) is 11.3 Å². The van der Waals surface area contributed by atoms with Gasteiger partial charge in [-0.2, -0.15) is 0 Å². The predicted octanol–water partition coefficient (Wildman–Crippen LogP) is 2.27. The lowest BCUT2D eigenvalue weighted by molar-refractivity contribution is -0.129. The molecule has 2 heterocycles. The molecular formula is C20H29N3O2. The minimum atomic E-state index is -0.293. The van der Waals surface area contributed by atoms with Crippen LogP contribution in [0.4, 0.5) is 0 Å². The Morgan fingerprint density at radius 1 is 1.08 bits per heavy atom. The van der Waals surface area contributed by atoms with Gasteiger partial charge in [-0.15, -0.1) is 0 Å². The standard InChI is InChI=1S/C20H29N3O2/c1-20(10-13-22(2)15-20)19(25)21-14-16-6-8-17(9-7-16)18(24)23-11-4-3-5-12-23/h6-9H,3-5,10-15H2,1-2H3,(H,21,25). The molecule has 1 unspecified atom stereocenters. The van der Waals surface area contributed by atoms with E-state index in [0.29, 0.717) is 6.54 Å². The third-order valence-corrected chi connectivity index (χ3v) is 5.51. The van der Waals surface area contributed by atoms with Crippen LogP contribution in [0, 0.1) is 5.41 Å². The summed E-state index contributed by atoms with van der Waals surface area (Å²) in [6.07, 6.45) is 4.32. The molecule has 0 saturated carbocycles. The van der Waals surface area contributed by atoms with Crippen LogP contribution in [0.1, 0.15) is 48.5 Å². The molecule has 0 spiro atoms. The number of piperidine rings is 1. The third-order valence-electron chi connectivity index (χ3n) is 5.51. The maximum atomic E-state index is 12.5. The first kappa shape index (κ1) is 17.9. The smallest absolute Gasteiger partial charge is 0.253 e. The van der Waals surface area contributed by atoms with Crippen molar-refractivity contribution in [2.45, 2.75) is 39.2 Å². The Labute approximate surface area is 150 Å². The number of hydrogen-bond donors (Lipinski definition) is 1. The minimum Gasteiger partial charge on any atom is -0.352 e. The Morgan fingerprint density at radius 2 is 1.76 bits per heavy atom. The maximum Gasteiger partial charge on any atom is 0.253 e. The molecule has 0 aromatic heterocycles. The predicted molar refractivity (Wildman–Crippen MR) is 98.3 cm³/mol. The van der Waals surface area contributed by atoms with E-state index in [1.54, 1.807) is 0 Å². The van der Waals surface area contributed by atoms with Crippen LogP contribution in [0.25, 0.3) is 0 Å². The second-order valence-corrected chi connectivity index (χ2v) is 7.78. The van der Waals surface area contributed by atoms with Gasteiger partial charge in [-0.3, -0.25) is 9.59 Å². The van der Waals surface area contributed by atoms with Crippen LogP contribution in [0.3, 0.4) is 0 Å². The van der Waals surface area contributed by atoms with Gasteiger partial charge >= 0.3 is 0 Å². The summed E-state index contributed by atoms with van der Waals surface area (Å²) in [7, 11) is 2.05. The highest BCUT2D eigenvalue weighted by molar-refractivity contribution is 5.94. The number of nitrogens with one attached hydrogen (secondary N) is 1. The van der Waals surface area contributed by atoms with Crippen molar-refractivity contribution in [3.8, 4) is 0 Å². The normalized spacial score (nSPS) is 24.3. The zero-order valence-electron chi connectivity index (χ0n) is 15.4. The van der Waals surface area contributed by atoms with E-state index >= 15 is 0 Å². The second-order valence-electron chi connectivity index (χ2n) is 7.78. The van der Waals surface area contributed by atoms with E-state index in [1.165, 1.54) is 6.42 Å². The summed E-state index contributed by atoms with van der Waals surface area (Å²) < 4.78 is 0. The van der Waals surface area contributed by atoms with E-state index in [-0.39, 0.29) is 17.2 Å². The van der Waals surface area contributed by atoms with Gasteiger partial charge in [0.15, 0.2) is 0 Å². The molecule has 2 fully saturated rings. The van der Waals surface area contributed by atoms with Gasteiger partial charge < -0.3 is 15.1 Å². The molecule has 25 heavy (non-hydrogen) atoms. The fraction of sp³-hybridized carbons (Fsp3) is 0.600. The van der Waals surface area contributed by atoms with Gasteiger partial charge in [0.2, 0.25) is 5.91 Å². The number of carbonyl (C=O) groups is 2. The van der Waals surface area contributed by atoms with E-state index in [1.807, 2.05) is 36.1 Å². The lowest BCUT2D eigenvalue weighted by Crippen LogP contribution is -2.40. The average Bonchev–Trinajstić information content (AvgIpc) is 3.00. The summed E-state index contributed by atoms with van der Waals surface area (Å²) in [5.41, 5.74) is 1.47. The van der Waals surface area contributed by atoms with Gasteiger partial charge in [0.1, 0.15) is 0 Å². The number of hydrogen-bond acceptors (Lipinski definition) is 3. The van der Waals surface area contributed by atoms with E-state index in [2.05, 4.69) is 17.3 Å². The second kappa shape index (κ2) is 7.56. The van der Waals surface area contributed by atoms with Crippen LogP contribution < -0.4 is 5.32 Å². The first-order valence-electron chi connectivity index (χ1n) is 9.33. The molecule has 2 aliphatic heterocycles. The summed E-state index contributed by atoms with van der Waals surface area (Å²) in [6.45, 7) is 6.05. The van der Waals surface area contributed by atoms with Crippen molar-refractivity contribution in [2.24, 2.45) is 5.41 Å². The summed E-state index contributed by atoms with van der Waals surface area (Å²) in [5.74, 6) is 0.238. The van der Waals surface area contributed by atoms with Crippen LogP contribution in [0.5, 0.6) is 0 Å². The van der Waals surface area contributed by atoms with Gasteiger partial charge in [0, 0.05) is 31.7 Å². The molecule has 0 radical (unpaired) electrons.